The predicted octanol–water partition coefficient (Wildman–Crippen LogP) is 0.0214. The Labute approximate surface area is 98.8 Å². The van der Waals surface area contributed by atoms with E-state index in [1.165, 1.54) is 6.20 Å². The maximum atomic E-state index is 11.2. The van der Waals surface area contributed by atoms with Crippen molar-refractivity contribution in [2.45, 2.75) is 6.92 Å². The summed E-state index contributed by atoms with van der Waals surface area (Å²) in [6.07, 6.45) is 2.46. The number of carboxylic acids is 1. The number of rotatable bonds is 6. The van der Waals surface area contributed by atoms with Crippen molar-refractivity contribution in [1.29, 1.82) is 0 Å². The summed E-state index contributed by atoms with van der Waals surface area (Å²) in [5.74, 6) is -0.878. The minimum Gasteiger partial charge on any atom is -0.476 e. The lowest BCUT2D eigenvalue weighted by atomic mass is 10.4. The van der Waals surface area contributed by atoms with Gasteiger partial charge in [0.25, 0.3) is 0 Å². The summed E-state index contributed by atoms with van der Waals surface area (Å²) in [6.45, 7) is 1.74. The number of aromatic nitrogens is 2. The number of nitrogens with zero attached hydrogens (tertiary/aromatic N) is 2. The molecule has 8 heteroatoms. The SMILES string of the molecule is CCS(=O)(=O)CCNc1cncc(C(=O)O)n1. The van der Waals surface area contributed by atoms with E-state index in [2.05, 4.69) is 15.3 Å². The number of nitrogens with one attached hydrogen (secondary N) is 1. The molecule has 0 saturated carbocycles. The molecule has 0 fully saturated rings. The van der Waals surface area contributed by atoms with Crippen molar-refractivity contribution in [3.8, 4) is 0 Å². The smallest absolute Gasteiger partial charge is 0.356 e. The van der Waals surface area contributed by atoms with Gasteiger partial charge in [-0.2, -0.15) is 0 Å². The van der Waals surface area contributed by atoms with Gasteiger partial charge in [0.15, 0.2) is 15.5 Å². The standard InChI is InChI=1S/C9H13N3O4S/c1-2-17(15,16)4-3-11-8-6-10-5-7(12-8)9(13)14/h5-6H,2-4H2,1H3,(H,11,12)(H,13,14). The van der Waals surface area contributed by atoms with Crippen LogP contribution < -0.4 is 5.32 Å². The predicted molar refractivity (Wildman–Crippen MR) is 61.8 cm³/mol. The average molecular weight is 259 g/mol. The van der Waals surface area contributed by atoms with Gasteiger partial charge in [0.05, 0.1) is 18.1 Å². The third-order valence-electron chi connectivity index (χ3n) is 2.01. The number of carboxylic acid groups (broad SMARTS) is 1. The van der Waals surface area contributed by atoms with Crippen LogP contribution in [0.25, 0.3) is 0 Å². The molecule has 0 aliphatic carbocycles. The van der Waals surface area contributed by atoms with Crippen molar-refractivity contribution in [1.82, 2.24) is 9.97 Å². The highest BCUT2D eigenvalue weighted by Gasteiger charge is 2.08. The van der Waals surface area contributed by atoms with Gasteiger partial charge in [0, 0.05) is 12.3 Å². The Morgan fingerprint density at radius 3 is 2.76 bits per heavy atom. The van der Waals surface area contributed by atoms with Crippen molar-refractivity contribution in [3.63, 3.8) is 0 Å². The van der Waals surface area contributed by atoms with Gasteiger partial charge in [-0.1, -0.05) is 6.92 Å². The van der Waals surface area contributed by atoms with Crippen molar-refractivity contribution < 1.29 is 18.3 Å². The van der Waals surface area contributed by atoms with E-state index < -0.39 is 15.8 Å². The molecule has 0 aromatic carbocycles. The van der Waals surface area contributed by atoms with Crippen LogP contribution in [0.1, 0.15) is 17.4 Å². The highest BCUT2D eigenvalue weighted by molar-refractivity contribution is 7.91. The van der Waals surface area contributed by atoms with Crippen LogP contribution in [0.15, 0.2) is 12.4 Å². The second kappa shape index (κ2) is 5.58. The van der Waals surface area contributed by atoms with E-state index in [9.17, 15) is 13.2 Å². The lowest BCUT2D eigenvalue weighted by molar-refractivity contribution is 0.0690. The molecule has 17 heavy (non-hydrogen) atoms. The molecule has 1 aromatic rings. The Morgan fingerprint density at radius 1 is 1.47 bits per heavy atom. The summed E-state index contributed by atoms with van der Waals surface area (Å²) in [4.78, 5) is 18.0. The van der Waals surface area contributed by atoms with Gasteiger partial charge >= 0.3 is 5.97 Å². The van der Waals surface area contributed by atoms with Crippen LogP contribution in [-0.4, -0.2) is 47.5 Å². The third-order valence-corrected chi connectivity index (χ3v) is 3.72. The Hall–Kier alpha value is -1.70. The first-order valence-electron chi connectivity index (χ1n) is 4.94. The van der Waals surface area contributed by atoms with Crippen LogP contribution in [0.5, 0.6) is 0 Å². The maximum absolute atomic E-state index is 11.2. The van der Waals surface area contributed by atoms with Gasteiger partial charge in [0.2, 0.25) is 0 Å². The van der Waals surface area contributed by atoms with Crippen molar-refractivity contribution in [2.24, 2.45) is 0 Å². The molecule has 0 aliphatic heterocycles. The minimum absolute atomic E-state index is 0.0253. The van der Waals surface area contributed by atoms with E-state index in [4.69, 9.17) is 5.11 Å². The third kappa shape index (κ3) is 4.35. The number of sulfone groups is 1. The first-order chi connectivity index (χ1) is 7.94. The van der Waals surface area contributed by atoms with Crippen LogP contribution in [0, 0.1) is 0 Å². The molecule has 0 radical (unpaired) electrons. The van der Waals surface area contributed by atoms with Crippen molar-refractivity contribution in [3.05, 3.63) is 18.1 Å². The fourth-order valence-electron chi connectivity index (χ4n) is 1.03. The minimum atomic E-state index is -3.04. The van der Waals surface area contributed by atoms with Gasteiger partial charge in [0.1, 0.15) is 5.82 Å². The summed E-state index contributed by atoms with van der Waals surface area (Å²) < 4.78 is 22.4. The topological polar surface area (TPSA) is 109 Å². The molecular weight excluding hydrogens is 246 g/mol. The molecule has 1 aromatic heterocycles. The molecule has 2 N–H and O–H groups in total. The Bertz CT molecular complexity index is 501. The van der Waals surface area contributed by atoms with Gasteiger partial charge < -0.3 is 10.4 Å². The fraction of sp³-hybridized carbons (Fsp3) is 0.444. The molecule has 0 spiro atoms. The van der Waals surface area contributed by atoms with Crippen LogP contribution in [-0.2, 0) is 9.84 Å². The Balaban J connectivity index is 2.58. The number of carbonyl (C=O) groups is 1. The molecular formula is C9H13N3O4S. The molecule has 0 saturated heterocycles. The molecule has 0 aliphatic rings. The monoisotopic (exact) mass is 259 g/mol. The van der Waals surface area contributed by atoms with E-state index >= 15 is 0 Å². The number of hydrogen-bond donors (Lipinski definition) is 2. The number of hydrogen-bond acceptors (Lipinski definition) is 6. The van der Waals surface area contributed by atoms with Gasteiger partial charge in [-0.3, -0.25) is 4.98 Å². The van der Waals surface area contributed by atoms with Crippen molar-refractivity contribution in [2.75, 3.05) is 23.4 Å². The zero-order valence-corrected chi connectivity index (χ0v) is 10.1. The second-order valence-corrected chi connectivity index (χ2v) is 5.73. The quantitative estimate of drug-likeness (QED) is 0.741. The maximum Gasteiger partial charge on any atom is 0.356 e. The average Bonchev–Trinajstić information content (AvgIpc) is 2.29. The summed E-state index contributed by atoms with van der Waals surface area (Å²) in [5, 5.41) is 11.4. The van der Waals surface area contributed by atoms with Crippen LogP contribution in [0.2, 0.25) is 0 Å². The lowest BCUT2D eigenvalue weighted by Gasteiger charge is -2.05. The molecule has 0 unspecified atom stereocenters. The molecule has 0 bridgehead atoms. The normalized spacial score (nSPS) is 11.1. The highest BCUT2D eigenvalue weighted by atomic mass is 32.2. The molecule has 0 amide bonds. The summed E-state index contributed by atoms with van der Waals surface area (Å²) in [7, 11) is -3.04. The van der Waals surface area contributed by atoms with Gasteiger partial charge in [-0.15, -0.1) is 0 Å². The first-order valence-corrected chi connectivity index (χ1v) is 6.76. The van der Waals surface area contributed by atoms with E-state index in [0.29, 0.717) is 0 Å². The van der Waals surface area contributed by atoms with E-state index in [0.717, 1.165) is 6.20 Å². The summed E-state index contributed by atoms with van der Waals surface area (Å²) >= 11 is 0. The molecule has 1 rings (SSSR count). The number of anilines is 1. The van der Waals surface area contributed by atoms with E-state index in [1.54, 1.807) is 6.92 Å². The summed E-state index contributed by atoms with van der Waals surface area (Å²) in [5.41, 5.74) is -0.187. The zero-order chi connectivity index (χ0) is 12.9. The Morgan fingerprint density at radius 2 is 2.18 bits per heavy atom. The summed E-state index contributed by atoms with van der Waals surface area (Å²) in [6, 6.07) is 0. The van der Waals surface area contributed by atoms with Crippen LogP contribution in [0.3, 0.4) is 0 Å². The number of aromatic carboxylic acids is 1. The van der Waals surface area contributed by atoms with E-state index in [1.807, 2.05) is 0 Å². The van der Waals surface area contributed by atoms with E-state index in [-0.39, 0.29) is 29.6 Å². The molecule has 1 heterocycles. The lowest BCUT2D eigenvalue weighted by Crippen LogP contribution is -2.18. The van der Waals surface area contributed by atoms with Crippen LogP contribution in [0.4, 0.5) is 5.82 Å². The first kappa shape index (κ1) is 13.4. The fourth-order valence-corrected chi connectivity index (χ4v) is 1.73. The molecule has 94 valence electrons. The Kier molecular flexibility index (Phi) is 4.38. The zero-order valence-electron chi connectivity index (χ0n) is 9.25. The highest BCUT2D eigenvalue weighted by Crippen LogP contribution is 2.02. The second-order valence-electron chi connectivity index (χ2n) is 3.26. The molecule has 0 atom stereocenters. The van der Waals surface area contributed by atoms with Crippen molar-refractivity contribution >= 4 is 21.6 Å². The van der Waals surface area contributed by atoms with Gasteiger partial charge in [-0.25, -0.2) is 18.2 Å². The van der Waals surface area contributed by atoms with Gasteiger partial charge in [-0.05, 0) is 0 Å². The molecule has 7 nitrogen and oxygen atoms in total. The largest absolute Gasteiger partial charge is 0.476 e. The van der Waals surface area contributed by atoms with Crippen LogP contribution >= 0.6 is 0 Å².